The predicted octanol–water partition coefficient (Wildman–Crippen LogP) is 3.15. The van der Waals surface area contributed by atoms with Crippen LogP contribution in [0.3, 0.4) is 0 Å². The Morgan fingerprint density at radius 2 is 2.04 bits per heavy atom. The number of likely N-dealkylation sites (tertiary alicyclic amines) is 1. The first-order valence-electron chi connectivity index (χ1n) is 8.75. The standard InChI is InChI=1S/C19H21N5O2/c1-26-16-9-3-2-8-15(16)20-19(25)23-11-6-7-14(13-23)18-22-21-17-10-4-5-12-24(17)18/h2-5,8-10,12,14H,6-7,11,13H2,1H3,(H,20,25). The fourth-order valence-corrected chi connectivity index (χ4v) is 3.45. The Hall–Kier alpha value is -3.09. The number of amides is 2. The first-order chi connectivity index (χ1) is 12.8. The third kappa shape index (κ3) is 3.08. The number of para-hydroxylation sites is 2. The zero-order valence-corrected chi connectivity index (χ0v) is 14.6. The third-order valence-electron chi connectivity index (χ3n) is 4.76. The monoisotopic (exact) mass is 351 g/mol. The molecule has 0 saturated carbocycles. The number of aromatic nitrogens is 3. The molecule has 1 aromatic carbocycles. The van der Waals surface area contributed by atoms with Crippen molar-refractivity contribution in [3.8, 4) is 5.75 Å². The molecule has 0 bridgehead atoms. The average Bonchev–Trinajstić information content (AvgIpc) is 3.12. The number of carbonyl (C=O) groups is 1. The number of methoxy groups -OCH3 is 1. The van der Waals surface area contributed by atoms with E-state index in [4.69, 9.17) is 4.74 Å². The topological polar surface area (TPSA) is 71.8 Å². The van der Waals surface area contributed by atoms with E-state index in [9.17, 15) is 4.79 Å². The van der Waals surface area contributed by atoms with Gasteiger partial charge in [-0.1, -0.05) is 18.2 Å². The molecule has 0 spiro atoms. The normalized spacial score (nSPS) is 17.3. The number of nitrogens with zero attached hydrogens (tertiary/aromatic N) is 4. The van der Waals surface area contributed by atoms with Crippen molar-refractivity contribution in [1.82, 2.24) is 19.5 Å². The molecular formula is C19H21N5O2. The van der Waals surface area contributed by atoms with Crippen molar-refractivity contribution < 1.29 is 9.53 Å². The molecule has 3 aromatic rings. The minimum Gasteiger partial charge on any atom is -0.495 e. The Labute approximate surface area is 151 Å². The summed E-state index contributed by atoms with van der Waals surface area (Å²) in [6.07, 6.45) is 3.90. The van der Waals surface area contributed by atoms with Crippen LogP contribution in [0.1, 0.15) is 24.6 Å². The Kier molecular flexibility index (Phi) is 4.43. The smallest absolute Gasteiger partial charge is 0.321 e. The maximum absolute atomic E-state index is 12.7. The van der Waals surface area contributed by atoms with Crippen LogP contribution in [0.15, 0.2) is 48.7 Å². The van der Waals surface area contributed by atoms with Crippen molar-refractivity contribution in [3.05, 3.63) is 54.5 Å². The van der Waals surface area contributed by atoms with E-state index in [0.29, 0.717) is 18.0 Å². The van der Waals surface area contributed by atoms with Crippen molar-refractivity contribution in [2.24, 2.45) is 0 Å². The molecule has 7 heteroatoms. The second-order valence-electron chi connectivity index (χ2n) is 6.40. The maximum Gasteiger partial charge on any atom is 0.321 e. The van der Waals surface area contributed by atoms with E-state index in [2.05, 4.69) is 15.5 Å². The number of anilines is 1. The molecule has 1 aliphatic rings. The number of hydrogen-bond donors (Lipinski definition) is 1. The van der Waals surface area contributed by atoms with E-state index in [1.54, 1.807) is 7.11 Å². The molecule has 4 rings (SSSR count). The SMILES string of the molecule is COc1ccccc1NC(=O)N1CCCC(c2nnc3ccccn23)C1. The molecule has 1 unspecified atom stereocenters. The lowest BCUT2D eigenvalue weighted by molar-refractivity contribution is 0.191. The second-order valence-corrected chi connectivity index (χ2v) is 6.40. The van der Waals surface area contributed by atoms with E-state index >= 15 is 0 Å². The first kappa shape index (κ1) is 16.4. The van der Waals surface area contributed by atoms with Crippen molar-refractivity contribution >= 4 is 17.4 Å². The summed E-state index contributed by atoms with van der Waals surface area (Å²) in [5.41, 5.74) is 1.51. The van der Waals surface area contributed by atoms with Gasteiger partial charge in [-0.15, -0.1) is 10.2 Å². The third-order valence-corrected chi connectivity index (χ3v) is 4.76. The molecule has 1 atom stereocenters. The Morgan fingerprint density at radius 3 is 2.92 bits per heavy atom. The second kappa shape index (κ2) is 7.03. The number of hydrogen-bond acceptors (Lipinski definition) is 4. The fraction of sp³-hybridized carbons (Fsp3) is 0.316. The van der Waals surface area contributed by atoms with Gasteiger partial charge < -0.3 is 15.0 Å². The highest BCUT2D eigenvalue weighted by molar-refractivity contribution is 5.91. The number of urea groups is 1. The van der Waals surface area contributed by atoms with Gasteiger partial charge in [-0.3, -0.25) is 4.40 Å². The Bertz CT molecular complexity index is 923. The lowest BCUT2D eigenvalue weighted by Crippen LogP contribution is -2.42. The molecule has 0 radical (unpaired) electrons. The maximum atomic E-state index is 12.7. The summed E-state index contributed by atoms with van der Waals surface area (Å²) in [5.74, 6) is 1.73. The number of pyridine rings is 1. The molecule has 3 heterocycles. The van der Waals surface area contributed by atoms with E-state index < -0.39 is 0 Å². The summed E-state index contributed by atoms with van der Waals surface area (Å²) in [4.78, 5) is 14.6. The minimum atomic E-state index is -0.118. The predicted molar refractivity (Wildman–Crippen MR) is 98.5 cm³/mol. The van der Waals surface area contributed by atoms with Crippen LogP contribution < -0.4 is 10.1 Å². The Morgan fingerprint density at radius 1 is 1.19 bits per heavy atom. The molecule has 134 valence electrons. The number of ether oxygens (including phenoxy) is 1. The molecule has 2 aromatic heterocycles. The zero-order valence-electron chi connectivity index (χ0n) is 14.6. The van der Waals surface area contributed by atoms with Crippen LogP contribution >= 0.6 is 0 Å². The van der Waals surface area contributed by atoms with Crippen LogP contribution in [-0.2, 0) is 0 Å². The lowest BCUT2D eigenvalue weighted by Gasteiger charge is -2.32. The van der Waals surface area contributed by atoms with E-state index in [1.807, 2.05) is 58.0 Å². The lowest BCUT2D eigenvalue weighted by atomic mass is 9.97. The van der Waals surface area contributed by atoms with Gasteiger partial charge in [0.1, 0.15) is 11.6 Å². The van der Waals surface area contributed by atoms with Crippen molar-refractivity contribution in [3.63, 3.8) is 0 Å². The summed E-state index contributed by atoms with van der Waals surface area (Å²) in [6, 6.07) is 13.2. The number of fused-ring (bicyclic) bond motifs is 1. The highest BCUT2D eigenvalue weighted by Crippen LogP contribution is 2.28. The van der Waals surface area contributed by atoms with E-state index in [1.165, 1.54) is 0 Å². The molecule has 1 N–H and O–H groups in total. The van der Waals surface area contributed by atoms with E-state index in [0.717, 1.165) is 30.9 Å². The van der Waals surface area contributed by atoms with Crippen LogP contribution in [0, 0.1) is 0 Å². The van der Waals surface area contributed by atoms with Crippen LogP contribution in [0.5, 0.6) is 5.75 Å². The van der Waals surface area contributed by atoms with Gasteiger partial charge >= 0.3 is 6.03 Å². The molecule has 1 aliphatic heterocycles. The first-order valence-corrected chi connectivity index (χ1v) is 8.75. The number of nitrogens with one attached hydrogen (secondary N) is 1. The highest BCUT2D eigenvalue weighted by Gasteiger charge is 2.28. The quantitative estimate of drug-likeness (QED) is 0.787. The van der Waals surface area contributed by atoms with Gasteiger partial charge in [-0.05, 0) is 37.1 Å². The van der Waals surface area contributed by atoms with Gasteiger partial charge in [-0.2, -0.15) is 0 Å². The van der Waals surface area contributed by atoms with Crippen LogP contribution in [0.2, 0.25) is 0 Å². The summed E-state index contributed by atoms with van der Waals surface area (Å²) < 4.78 is 7.31. The Balaban J connectivity index is 1.50. The molecule has 1 saturated heterocycles. The largest absolute Gasteiger partial charge is 0.495 e. The number of benzene rings is 1. The van der Waals surface area contributed by atoms with Crippen molar-refractivity contribution in [2.45, 2.75) is 18.8 Å². The van der Waals surface area contributed by atoms with Crippen LogP contribution in [0.25, 0.3) is 5.65 Å². The summed E-state index contributed by atoms with van der Waals surface area (Å²) in [7, 11) is 1.60. The molecule has 1 fully saturated rings. The van der Waals surface area contributed by atoms with Gasteiger partial charge in [0.2, 0.25) is 0 Å². The summed E-state index contributed by atoms with van der Waals surface area (Å²) in [6.45, 7) is 1.35. The average molecular weight is 351 g/mol. The molecular weight excluding hydrogens is 330 g/mol. The van der Waals surface area contributed by atoms with Gasteiger partial charge in [0.05, 0.1) is 12.8 Å². The molecule has 7 nitrogen and oxygen atoms in total. The summed E-state index contributed by atoms with van der Waals surface area (Å²) in [5, 5.41) is 11.5. The fourth-order valence-electron chi connectivity index (χ4n) is 3.45. The van der Waals surface area contributed by atoms with Crippen LogP contribution in [0.4, 0.5) is 10.5 Å². The van der Waals surface area contributed by atoms with Crippen molar-refractivity contribution in [1.29, 1.82) is 0 Å². The minimum absolute atomic E-state index is 0.118. The number of piperidine rings is 1. The summed E-state index contributed by atoms with van der Waals surface area (Å²) >= 11 is 0. The van der Waals surface area contributed by atoms with Crippen molar-refractivity contribution in [2.75, 3.05) is 25.5 Å². The molecule has 26 heavy (non-hydrogen) atoms. The van der Waals surface area contributed by atoms with Gasteiger partial charge in [0, 0.05) is 25.2 Å². The van der Waals surface area contributed by atoms with Gasteiger partial charge in [0.15, 0.2) is 5.65 Å². The highest BCUT2D eigenvalue weighted by atomic mass is 16.5. The molecule has 2 amide bonds. The van der Waals surface area contributed by atoms with Gasteiger partial charge in [0.25, 0.3) is 0 Å². The zero-order chi connectivity index (χ0) is 17.9. The number of rotatable bonds is 3. The van der Waals surface area contributed by atoms with Gasteiger partial charge in [-0.25, -0.2) is 4.79 Å². The molecule has 0 aliphatic carbocycles. The van der Waals surface area contributed by atoms with E-state index in [-0.39, 0.29) is 11.9 Å². The number of carbonyl (C=O) groups excluding carboxylic acids is 1. The van der Waals surface area contributed by atoms with Crippen LogP contribution in [-0.4, -0.2) is 45.7 Å².